The Kier molecular flexibility index (Phi) is 4.16. The number of ether oxygens (including phenoxy) is 2. The van der Waals surface area contributed by atoms with Crippen LogP contribution in [0.3, 0.4) is 0 Å². The molecule has 0 amide bonds. The third-order valence-electron chi connectivity index (χ3n) is 4.57. The van der Waals surface area contributed by atoms with Gasteiger partial charge < -0.3 is 14.6 Å². The highest BCUT2D eigenvalue weighted by Gasteiger charge is 2.44. The van der Waals surface area contributed by atoms with Crippen molar-refractivity contribution in [2.45, 2.75) is 18.9 Å². The van der Waals surface area contributed by atoms with E-state index in [2.05, 4.69) is 0 Å². The number of allylic oxidation sites excluding steroid dienone is 1. The quantitative estimate of drug-likeness (QED) is 0.937. The van der Waals surface area contributed by atoms with Crippen LogP contribution in [0.2, 0.25) is 0 Å². The molecule has 1 unspecified atom stereocenters. The van der Waals surface area contributed by atoms with Crippen molar-refractivity contribution in [3.8, 4) is 11.5 Å². The lowest BCUT2D eigenvalue weighted by molar-refractivity contribution is -0.117. The zero-order valence-corrected chi connectivity index (χ0v) is 14.0. The zero-order chi connectivity index (χ0) is 17.3. The second-order valence-corrected chi connectivity index (χ2v) is 5.92. The van der Waals surface area contributed by atoms with Crippen molar-refractivity contribution in [3.63, 3.8) is 0 Å². The predicted molar refractivity (Wildman–Crippen MR) is 92.1 cm³/mol. The van der Waals surface area contributed by atoms with Crippen LogP contribution in [0, 0.1) is 0 Å². The predicted octanol–water partition coefficient (Wildman–Crippen LogP) is 3.34. The topological polar surface area (TPSA) is 55.8 Å². The first kappa shape index (κ1) is 16.3. The Morgan fingerprint density at radius 3 is 1.92 bits per heavy atom. The zero-order valence-electron chi connectivity index (χ0n) is 14.0. The maximum absolute atomic E-state index is 12.3. The molecule has 0 fully saturated rings. The monoisotopic (exact) mass is 324 g/mol. The number of benzene rings is 2. The Morgan fingerprint density at radius 1 is 0.917 bits per heavy atom. The molecule has 4 heteroatoms. The molecule has 2 aromatic carbocycles. The van der Waals surface area contributed by atoms with E-state index >= 15 is 0 Å². The van der Waals surface area contributed by atoms with Crippen LogP contribution in [-0.4, -0.2) is 25.1 Å². The van der Waals surface area contributed by atoms with Crippen molar-refractivity contribution in [3.05, 3.63) is 65.2 Å². The summed E-state index contributed by atoms with van der Waals surface area (Å²) >= 11 is 0. The van der Waals surface area contributed by atoms with E-state index in [0.717, 1.165) is 11.3 Å². The van der Waals surface area contributed by atoms with E-state index in [0.29, 0.717) is 22.5 Å². The Balaban J connectivity index is 2.09. The van der Waals surface area contributed by atoms with E-state index in [1.54, 1.807) is 45.4 Å². The molecule has 0 aromatic heterocycles. The molecule has 1 aliphatic rings. The van der Waals surface area contributed by atoms with E-state index in [1.807, 2.05) is 24.3 Å². The van der Waals surface area contributed by atoms with Gasteiger partial charge in [0.1, 0.15) is 17.1 Å². The van der Waals surface area contributed by atoms with Crippen molar-refractivity contribution in [2.75, 3.05) is 14.2 Å². The fraction of sp³-hybridized carbons (Fsp3) is 0.250. The van der Waals surface area contributed by atoms with Gasteiger partial charge in [0.2, 0.25) is 0 Å². The Morgan fingerprint density at radius 2 is 1.42 bits per heavy atom. The van der Waals surface area contributed by atoms with Crippen LogP contribution in [0.4, 0.5) is 0 Å². The minimum absolute atomic E-state index is 0.0425. The van der Waals surface area contributed by atoms with E-state index in [9.17, 15) is 9.90 Å². The van der Waals surface area contributed by atoms with Gasteiger partial charge in [0, 0.05) is 12.0 Å². The summed E-state index contributed by atoms with van der Waals surface area (Å²) in [5.41, 5.74) is 1.41. The molecule has 0 aliphatic heterocycles. The second kappa shape index (κ2) is 6.13. The fourth-order valence-electron chi connectivity index (χ4n) is 3.23. The second-order valence-electron chi connectivity index (χ2n) is 5.92. The summed E-state index contributed by atoms with van der Waals surface area (Å²) in [6.45, 7) is 1.77. The van der Waals surface area contributed by atoms with Crippen LogP contribution >= 0.6 is 0 Å². The summed E-state index contributed by atoms with van der Waals surface area (Å²) in [6, 6.07) is 14.6. The Hall–Kier alpha value is -2.59. The van der Waals surface area contributed by atoms with Gasteiger partial charge in [-0.2, -0.15) is 0 Å². The van der Waals surface area contributed by atoms with Crippen LogP contribution in [0.25, 0.3) is 5.57 Å². The number of carbonyl (C=O) groups is 1. The molecule has 0 radical (unpaired) electrons. The summed E-state index contributed by atoms with van der Waals surface area (Å²) in [7, 11) is 3.20. The summed E-state index contributed by atoms with van der Waals surface area (Å²) in [5.74, 6) is 1.40. The van der Waals surface area contributed by atoms with Gasteiger partial charge in [0.25, 0.3) is 0 Å². The maximum atomic E-state index is 12.3. The first-order valence-electron chi connectivity index (χ1n) is 7.75. The first-order chi connectivity index (χ1) is 11.5. The van der Waals surface area contributed by atoms with Gasteiger partial charge in [0.15, 0.2) is 5.78 Å². The van der Waals surface area contributed by atoms with Gasteiger partial charge in [-0.3, -0.25) is 4.79 Å². The molecular formula is C20H20O4. The lowest BCUT2D eigenvalue weighted by Crippen LogP contribution is -2.25. The number of rotatable bonds is 4. The van der Waals surface area contributed by atoms with Gasteiger partial charge in [-0.15, -0.1) is 0 Å². The Bertz CT molecular complexity index is 787. The molecule has 0 saturated heterocycles. The number of methoxy groups -OCH3 is 2. The molecule has 1 aliphatic carbocycles. The van der Waals surface area contributed by atoms with Crippen LogP contribution in [0.1, 0.15) is 24.5 Å². The van der Waals surface area contributed by atoms with E-state index in [1.165, 1.54) is 0 Å². The minimum atomic E-state index is -1.33. The highest BCUT2D eigenvalue weighted by atomic mass is 16.5. The number of aliphatic hydroxyl groups is 1. The van der Waals surface area contributed by atoms with Crippen molar-refractivity contribution < 1.29 is 19.4 Å². The van der Waals surface area contributed by atoms with Crippen LogP contribution in [0.5, 0.6) is 11.5 Å². The number of Topliss-reactive ketones (excluding diaryl/α,β-unsaturated/α-hetero) is 1. The molecule has 3 rings (SSSR count). The van der Waals surface area contributed by atoms with E-state index < -0.39 is 5.60 Å². The summed E-state index contributed by atoms with van der Waals surface area (Å²) < 4.78 is 10.4. The summed E-state index contributed by atoms with van der Waals surface area (Å²) in [6.07, 6.45) is 0.0481. The third-order valence-corrected chi connectivity index (χ3v) is 4.57. The highest BCUT2D eigenvalue weighted by Crippen LogP contribution is 2.47. The van der Waals surface area contributed by atoms with Gasteiger partial charge in [0.05, 0.1) is 14.2 Å². The molecule has 0 spiro atoms. The molecule has 2 aromatic rings. The normalized spacial score (nSPS) is 20.4. The van der Waals surface area contributed by atoms with Gasteiger partial charge in [-0.25, -0.2) is 0 Å². The first-order valence-corrected chi connectivity index (χ1v) is 7.75. The van der Waals surface area contributed by atoms with Crippen LogP contribution in [0.15, 0.2) is 54.1 Å². The number of hydrogen-bond acceptors (Lipinski definition) is 4. The molecule has 1 N–H and O–H groups in total. The molecule has 0 heterocycles. The number of carbonyl (C=O) groups excluding carboxylic acids is 1. The highest BCUT2D eigenvalue weighted by molar-refractivity contribution is 6.09. The smallest absolute Gasteiger partial charge is 0.162 e. The maximum Gasteiger partial charge on any atom is 0.162 e. The molecule has 24 heavy (non-hydrogen) atoms. The lowest BCUT2D eigenvalue weighted by atomic mass is 9.83. The summed E-state index contributed by atoms with van der Waals surface area (Å²) in [5, 5.41) is 11.4. The van der Waals surface area contributed by atoms with Gasteiger partial charge >= 0.3 is 0 Å². The van der Waals surface area contributed by atoms with Gasteiger partial charge in [-0.05, 0) is 47.9 Å². The van der Waals surface area contributed by atoms with Crippen molar-refractivity contribution in [2.24, 2.45) is 0 Å². The van der Waals surface area contributed by atoms with E-state index in [4.69, 9.17) is 9.47 Å². The van der Waals surface area contributed by atoms with Crippen LogP contribution < -0.4 is 9.47 Å². The third kappa shape index (κ3) is 2.59. The van der Waals surface area contributed by atoms with Gasteiger partial charge in [-0.1, -0.05) is 24.3 Å². The van der Waals surface area contributed by atoms with Crippen molar-refractivity contribution >= 4 is 11.4 Å². The number of ketones is 1. The molecule has 0 bridgehead atoms. The molecule has 0 saturated carbocycles. The van der Waals surface area contributed by atoms with Crippen molar-refractivity contribution in [1.29, 1.82) is 0 Å². The minimum Gasteiger partial charge on any atom is -0.497 e. The molecule has 4 nitrogen and oxygen atoms in total. The molecular weight excluding hydrogens is 304 g/mol. The van der Waals surface area contributed by atoms with E-state index in [-0.39, 0.29) is 12.2 Å². The largest absolute Gasteiger partial charge is 0.497 e. The van der Waals surface area contributed by atoms with Crippen molar-refractivity contribution in [1.82, 2.24) is 0 Å². The van der Waals surface area contributed by atoms with Crippen LogP contribution in [-0.2, 0) is 10.4 Å². The Labute approximate surface area is 141 Å². The summed E-state index contributed by atoms with van der Waals surface area (Å²) in [4.78, 5) is 12.3. The molecule has 124 valence electrons. The average molecular weight is 324 g/mol. The fourth-order valence-corrected chi connectivity index (χ4v) is 3.23. The number of hydrogen-bond donors (Lipinski definition) is 1. The SMILES string of the molecule is COc1ccc(C2=C(C)C(=O)CC2(O)c2ccc(OC)cc2)cc1. The molecule has 1 atom stereocenters. The average Bonchev–Trinajstić information content (AvgIpc) is 2.85. The standard InChI is InChI=1S/C20H20O4/c1-13-18(21)12-20(22,15-6-10-17(24-3)11-7-15)19(13)14-4-8-16(23-2)9-5-14/h4-11,22H,12H2,1-3H3. The lowest BCUT2D eigenvalue weighted by Gasteiger charge is -2.27.